The van der Waals surface area contributed by atoms with Crippen molar-refractivity contribution in [3.63, 3.8) is 0 Å². The van der Waals surface area contributed by atoms with Crippen LogP contribution in [0.25, 0.3) is 108 Å². The number of H-pyrrole nitrogens is 2. The Kier molecular flexibility index (Phi) is 9.39. The maximum atomic E-state index is 15.1. The van der Waals surface area contributed by atoms with Crippen molar-refractivity contribution in [2.45, 2.75) is 6.54 Å². The molecule has 0 amide bonds. The quantitative estimate of drug-likeness (QED) is 0.120. The van der Waals surface area contributed by atoms with Crippen LogP contribution in [-0.4, -0.2) is 44.8 Å². The highest BCUT2D eigenvalue weighted by atomic mass is 16.2. The standard InChI is InChI=1S/C56H36N8O3/c65-48(33-63-55(66)53-54(62-56(63)67)64(37-21-11-4-12-22-37)47-24-14-13-23-38(47)61-53)52-45-31-29-43(59-45)50(35-17-7-2-8-18-35)41-27-25-39(57-41)49(34-15-5-1-6-16-34)40-26-28-42(58-40)51(36-19-9-3-10-20-36)44-30-32-46(52)60-44/h1-32,57,60H,33H2. The summed E-state index contributed by atoms with van der Waals surface area (Å²) in [6, 6.07) is 54.7. The Balaban J connectivity index is 1.13. The van der Waals surface area contributed by atoms with Gasteiger partial charge in [0.05, 0.1) is 51.4 Å². The molecule has 11 heteroatoms. The number of nitrogens with zero attached hydrogens (tertiary/aromatic N) is 6. The van der Waals surface area contributed by atoms with Gasteiger partial charge in [-0.05, 0) is 89.5 Å². The van der Waals surface area contributed by atoms with Gasteiger partial charge in [0.1, 0.15) is 0 Å². The van der Waals surface area contributed by atoms with E-state index in [1.165, 1.54) is 0 Å². The fourth-order valence-electron chi connectivity index (χ4n) is 9.18. The summed E-state index contributed by atoms with van der Waals surface area (Å²) < 4.78 is 2.61. The Morgan fingerprint density at radius 2 is 0.910 bits per heavy atom. The van der Waals surface area contributed by atoms with Gasteiger partial charge < -0.3 is 9.97 Å². The van der Waals surface area contributed by atoms with Crippen molar-refractivity contribution >= 4 is 63.2 Å². The van der Waals surface area contributed by atoms with Gasteiger partial charge in [-0.25, -0.2) is 24.3 Å². The van der Waals surface area contributed by atoms with Crippen molar-refractivity contribution in [1.82, 2.24) is 39.0 Å². The van der Waals surface area contributed by atoms with Gasteiger partial charge in [-0.2, -0.15) is 4.98 Å². The third kappa shape index (κ3) is 6.81. The number of rotatable bonds is 7. The largest absolute Gasteiger partial charge is 0.354 e. The smallest absolute Gasteiger partial charge is 0.353 e. The zero-order valence-electron chi connectivity index (χ0n) is 35.6. The molecular weight excluding hydrogens is 833 g/mol. The fourth-order valence-corrected chi connectivity index (χ4v) is 9.18. The molecule has 0 aliphatic carbocycles. The van der Waals surface area contributed by atoms with Crippen LogP contribution in [0.3, 0.4) is 0 Å². The summed E-state index contributed by atoms with van der Waals surface area (Å²) in [5, 5.41) is 0. The number of nitrogens with one attached hydrogen (secondary N) is 2. The zero-order chi connectivity index (χ0) is 45.0. The lowest BCUT2D eigenvalue weighted by atomic mass is 10.0. The second-order valence-corrected chi connectivity index (χ2v) is 16.3. The van der Waals surface area contributed by atoms with E-state index in [1.54, 1.807) is 16.7 Å². The van der Waals surface area contributed by atoms with E-state index in [0.717, 1.165) is 60.4 Å². The summed E-state index contributed by atoms with van der Waals surface area (Å²) in [7, 11) is 0. The van der Waals surface area contributed by atoms with Crippen LogP contribution < -0.4 is 11.2 Å². The van der Waals surface area contributed by atoms with Crippen LogP contribution in [0.5, 0.6) is 0 Å². The molecule has 12 rings (SSSR count). The van der Waals surface area contributed by atoms with Gasteiger partial charge in [0.25, 0.3) is 5.56 Å². The first-order valence-corrected chi connectivity index (χ1v) is 21.8. The maximum absolute atomic E-state index is 15.1. The lowest BCUT2D eigenvalue weighted by Crippen LogP contribution is -2.40. The van der Waals surface area contributed by atoms with Crippen LogP contribution >= 0.6 is 0 Å². The molecule has 2 N–H and O–H groups in total. The number of benzene rings is 5. The topological polar surface area (TPSA) is 144 Å². The van der Waals surface area contributed by atoms with Crippen molar-refractivity contribution in [2.24, 2.45) is 0 Å². The second-order valence-electron chi connectivity index (χ2n) is 16.3. The van der Waals surface area contributed by atoms with Gasteiger partial charge in [0.2, 0.25) is 0 Å². The Morgan fingerprint density at radius 1 is 0.463 bits per heavy atom. The number of Topliss-reactive ketones (excluding diaryl/α,β-unsaturated/α-hetero) is 1. The number of carbonyl (C=O) groups is 1. The molecule has 0 spiro atoms. The third-order valence-corrected chi connectivity index (χ3v) is 12.2. The minimum absolute atomic E-state index is 0.0439. The summed E-state index contributed by atoms with van der Waals surface area (Å²) in [6.45, 7) is -0.622. The first-order valence-electron chi connectivity index (χ1n) is 21.8. The highest BCUT2D eigenvalue weighted by Crippen LogP contribution is 2.37. The van der Waals surface area contributed by atoms with Crippen LogP contribution in [0.1, 0.15) is 33.1 Å². The number of hydrogen-bond acceptors (Lipinski definition) is 7. The van der Waals surface area contributed by atoms with Crippen molar-refractivity contribution in [3.8, 4) is 50.6 Å². The molecule has 3 aromatic heterocycles. The number of aromatic nitrogens is 8. The monoisotopic (exact) mass is 868 g/mol. The molecule has 11 nitrogen and oxygen atoms in total. The molecule has 0 saturated heterocycles. The molecule has 0 fully saturated rings. The maximum Gasteiger partial charge on any atom is 0.353 e. The molecule has 67 heavy (non-hydrogen) atoms. The predicted molar refractivity (Wildman–Crippen MR) is 266 cm³/mol. The van der Waals surface area contributed by atoms with E-state index in [1.807, 2.05) is 164 Å². The Morgan fingerprint density at radius 3 is 1.46 bits per heavy atom. The van der Waals surface area contributed by atoms with Crippen LogP contribution in [0.15, 0.2) is 179 Å². The van der Waals surface area contributed by atoms with Crippen LogP contribution in [0.2, 0.25) is 0 Å². The highest BCUT2D eigenvalue weighted by molar-refractivity contribution is 6.07. The van der Waals surface area contributed by atoms with Crippen molar-refractivity contribution in [1.29, 1.82) is 0 Å². The van der Waals surface area contributed by atoms with E-state index in [4.69, 9.17) is 15.0 Å². The van der Waals surface area contributed by atoms with E-state index in [2.05, 4.69) is 33.2 Å². The molecule has 0 atom stereocenters. The van der Waals surface area contributed by atoms with Gasteiger partial charge in [-0.1, -0.05) is 121 Å². The summed E-state index contributed by atoms with van der Waals surface area (Å²) >= 11 is 0. The lowest BCUT2D eigenvalue weighted by Gasteiger charge is -2.17. The van der Waals surface area contributed by atoms with Crippen LogP contribution in [0, 0.1) is 0 Å². The fraction of sp³-hybridized carbons (Fsp3) is 0.0179. The number of aromatic amines is 2. The Hall–Kier alpha value is -9.35. The molecule has 8 aromatic rings. The molecule has 4 aliphatic rings. The minimum atomic E-state index is -0.878. The number of fused-ring (bicyclic) bond motifs is 10. The Labute approximate surface area is 381 Å². The normalized spacial score (nSPS) is 12.0. The molecule has 7 heterocycles. The average molecular weight is 869 g/mol. The molecule has 0 unspecified atom stereocenters. The molecule has 8 bridgehead atoms. The van der Waals surface area contributed by atoms with Gasteiger partial charge in [-0.3, -0.25) is 14.2 Å². The molecule has 318 valence electrons. The van der Waals surface area contributed by atoms with E-state index < -0.39 is 23.6 Å². The SMILES string of the molecule is O=C(Cn1c(=O)nc2n(-c3ccccc3)c3ccccc3nc-2c1=O)c1c2nc(c(-c3ccccc3)c3ccc([nH]3)c(-c3ccccc3)c3nc(c(-c4ccccc4)c4ccc1[nH]4)C=C3)C=C2. The van der Waals surface area contributed by atoms with Crippen LogP contribution in [0.4, 0.5) is 0 Å². The average Bonchev–Trinajstić information content (AvgIpc) is 4.22. The number of ketones is 1. The van der Waals surface area contributed by atoms with Crippen molar-refractivity contribution in [3.05, 3.63) is 219 Å². The highest BCUT2D eigenvalue weighted by Gasteiger charge is 2.26. The minimum Gasteiger partial charge on any atom is -0.354 e. The van der Waals surface area contributed by atoms with Gasteiger partial charge in [0.15, 0.2) is 17.3 Å². The second kappa shape index (κ2) is 16.0. The molecule has 5 aromatic carbocycles. The molecule has 4 aliphatic heterocycles. The van der Waals surface area contributed by atoms with Crippen molar-refractivity contribution < 1.29 is 4.79 Å². The van der Waals surface area contributed by atoms with Gasteiger partial charge in [-0.15, -0.1) is 0 Å². The Bertz CT molecular complexity index is 3910. The number of hydrogen-bond donors (Lipinski definition) is 2. The predicted octanol–water partition coefficient (Wildman–Crippen LogP) is 10.9. The van der Waals surface area contributed by atoms with E-state index in [0.29, 0.717) is 39.1 Å². The lowest BCUT2D eigenvalue weighted by molar-refractivity contribution is 0.0970. The summed E-state index contributed by atoms with van der Waals surface area (Å²) in [4.78, 5) is 70.8. The number of para-hydroxylation sites is 3. The first-order chi connectivity index (χ1) is 33.0. The molecule has 0 radical (unpaired) electrons. The third-order valence-electron chi connectivity index (χ3n) is 12.2. The molecular formula is C56H36N8O3. The van der Waals surface area contributed by atoms with Crippen molar-refractivity contribution in [2.75, 3.05) is 0 Å². The van der Waals surface area contributed by atoms with E-state index in [-0.39, 0.29) is 17.1 Å². The van der Waals surface area contributed by atoms with Gasteiger partial charge in [0, 0.05) is 38.9 Å². The van der Waals surface area contributed by atoms with Gasteiger partial charge >= 0.3 is 5.69 Å². The summed E-state index contributed by atoms with van der Waals surface area (Å²) in [5.41, 5.74) is 11.1. The zero-order valence-corrected chi connectivity index (χ0v) is 35.6. The number of carbonyl (C=O) groups excluding carboxylic acids is 1. The van der Waals surface area contributed by atoms with E-state index >= 15 is 4.79 Å². The molecule has 0 saturated carbocycles. The first kappa shape index (κ1) is 39.3. The van der Waals surface area contributed by atoms with E-state index in [9.17, 15) is 9.59 Å². The summed E-state index contributed by atoms with van der Waals surface area (Å²) in [6.07, 6.45) is 7.74. The van der Waals surface area contributed by atoms with Crippen LogP contribution in [-0.2, 0) is 6.54 Å². The summed E-state index contributed by atoms with van der Waals surface area (Å²) in [5.74, 6) is -0.438.